The number of carbonyl (C=O) groups excluding carboxylic acids is 1. The van der Waals surface area contributed by atoms with E-state index in [0.29, 0.717) is 13.1 Å². The van der Waals surface area contributed by atoms with Crippen LogP contribution >= 0.6 is 12.4 Å². The van der Waals surface area contributed by atoms with Gasteiger partial charge in [-0.15, -0.1) is 12.4 Å². The van der Waals surface area contributed by atoms with Crippen molar-refractivity contribution in [3.8, 4) is 0 Å². The monoisotopic (exact) mass is 238 g/mol. The minimum absolute atomic E-state index is 0. The van der Waals surface area contributed by atoms with Crippen molar-refractivity contribution >= 4 is 18.5 Å². The Kier molecular flexibility index (Phi) is 4.83. The largest absolute Gasteiger partial charge is 0.444 e. The number of halogens is 1. The first-order chi connectivity index (χ1) is 6.37. The number of rotatable bonds is 2. The van der Waals surface area contributed by atoms with Crippen molar-refractivity contribution in [2.75, 3.05) is 19.7 Å². The molecule has 1 aliphatic heterocycles. The molecule has 0 radical (unpaired) electrons. The van der Waals surface area contributed by atoms with Crippen molar-refractivity contribution in [3.63, 3.8) is 0 Å². The van der Waals surface area contributed by atoms with E-state index in [1.807, 2.05) is 0 Å². The third kappa shape index (κ3) is 4.24. The van der Waals surface area contributed by atoms with E-state index in [2.05, 4.69) is 10.6 Å². The predicted octanol–water partition coefficient (Wildman–Crippen LogP) is 0.267. The standard InChI is InChI=1S/C9H18N2O3.ClH/c1-8(2,3)14-7(13)11-9(6-12)4-10-5-9;/h10,12H,4-6H2,1-3H3,(H,11,13);1H. The Bertz CT molecular complexity index is 218. The number of alkyl carbamates (subject to hydrolysis) is 1. The molecule has 6 heteroatoms. The average molecular weight is 239 g/mol. The number of carbonyl (C=O) groups is 1. The van der Waals surface area contributed by atoms with Gasteiger partial charge in [0.25, 0.3) is 0 Å². The van der Waals surface area contributed by atoms with Crippen molar-refractivity contribution in [2.24, 2.45) is 0 Å². The Morgan fingerprint density at radius 3 is 2.33 bits per heavy atom. The van der Waals surface area contributed by atoms with Gasteiger partial charge in [0.1, 0.15) is 5.60 Å². The minimum atomic E-state index is -0.525. The van der Waals surface area contributed by atoms with E-state index in [1.54, 1.807) is 20.8 Å². The number of aliphatic hydroxyl groups is 1. The number of hydrogen-bond acceptors (Lipinski definition) is 4. The van der Waals surface area contributed by atoms with E-state index >= 15 is 0 Å². The summed E-state index contributed by atoms with van der Waals surface area (Å²) in [5, 5.41) is 14.7. The van der Waals surface area contributed by atoms with Crippen molar-refractivity contribution in [2.45, 2.75) is 31.9 Å². The van der Waals surface area contributed by atoms with Crippen molar-refractivity contribution in [1.82, 2.24) is 10.6 Å². The molecule has 3 N–H and O–H groups in total. The van der Waals surface area contributed by atoms with Gasteiger partial charge in [0, 0.05) is 13.1 Å². The first-order valence-electron chi connectivity index (χ1n) is 4.70. The summed E-state index contributed by atoms with van der Waals surface area (Å²) in [5.74, 6) is 0. The summed E-state index contributed by atoms with van der Waals surface area (Å²) in [6, 6.07) is 0. The van der Waals surface area contributed by atoms with Gasteiger partial charge in [0.15, 0.2) is 0 Å². The molecule has 0 aromatic carbocycles. The van der Waals surface area contributed by atoms with Gasteiger partial charge in [-0.1, -0.05) is 0 Å². The maximum atomic E-state index is 11.4. The highest BCUT2D eigenvalue weighted by Gasteiger charge is 2.38. The Labute approximate surface area is 96.0 Å². The molecule has 0 bridgehead atoms. The summed E-state index contributed by atoms with van der Waals surface area (Å²) in [5.41, 5.74) is -1.03. The lowest BCUT2D eigenvalue weighted by atomic mass is 9.94. The number of aliphatic hydroxyl groups excluding tert-OH is 1. The van der Waals surface area contributed by atoms with Gasteiger partial charge in [-0.05, 0) is 20.8 Å². The summed E-state index contributed by atoms with van der Waals surface area (Å²) in [6.45, 7) is 6.51. The highest BCUT2D eigenvalue weighted by Crippen LogP contribution is 2.12. The van der Waals surface area contributed by atoms with Gasteiger partial charge >= 0.3 is 6.09 Å². The van der Waals surface area contributed by atoms with Crippen LogP contribution in [-0.2, 0) is 4.74 Å². The zero-order valence-electron chi connectivity index (χ0n) is 9.29. The summed E-state index contributed by atoms with van der Waals surface area (Å²) < 4.78 is 5.08. The Morgan fingerprint density at radius 1 is 1.53 bits per heavy atom. The zero-order chi connectivity index (χ0) is 10.8. The highest BCUT2D eigenvalue weighted by atomic mass is 35.5. The molecule has 1 rings (SSSR count). The lowest BCUT2D eigenvalue weighted by Gasteiger charge is -2.41. The van der Waals surface area contributed by atoms with Crippen LogP contribution in [0.4, 0.5) is 4.79 Å². The van der Waals surface area contributed by atoms with Gasteiger partial charge in [-0.25, -0.2) is 4.79 Å². The molecule has 0 aliphatic carbocycles. The van der Waals surface area contributed by atoms with Crippen LogP contribution in [0.5, 0.6) is 0 Å². The molecule has 0 unspecified atom stereocenters. The number of nitrogens with one attached hydrogen (secondary N) is 2. The molecule has 0 aromatic heterocycles. The smallest absolute Gasteiger partial charge is 0.408 e. The van der Waals surface area contributed by atoms with Crippen LogP contribution in [-0.4, -0.2) is 42.0 Å². The Morgan fingerprint density at radius 2 is 2.07 bits per heavy atom. The van der Waals surface area contributed by atoms with Crippen molar-refractivity contribution in [1.29, 1.82) is 0 Å². The Balaban J connectivity index is 0.00000196. The van der Waals surface area contributed by atoms with E-state index in [4.69, 9.17) is 9.84 Å². The summed E-state index contributed by atoms with van der Waals surface area (Å²) in [6.07, 6.45) is -0.479. The van der Waals surface area contributed by atoms with Gasteiger partial charge < -0.3 is 20.5 Å². The number of ether oxygens (including phenoxy) is 1. The Hall–Kier alpha value is -0.520. The third-order valence-corrected chi connectivity index (χ3v) is 2.00. The second kappa shape index (κ2) is 5.01. The molecular formula is C9H19ClN2O3. The normalized spacial score (nSPS) is 18.4. The van der Waals surface area contributed by atoms with Gasteiger partial charge in [-0.3, -0.25) is 0 Å². The number of amides is 1. The van der Waals surface area contributed by atoms with E-state index < -0.39 is 17.2 Å². The minimum Gasteiger partial charge on any atom is -0.444 e. The quantitative estimate of drug-likeness (QED) is 0.646. The van der Waals surface area contributed by atoms with E-state index in [1.165, 1.54) is 0 Å². The molecule has 1 amide bonds. The van der Waals surface area contributed by atoms with Crippen LogP contribution in [0.2, 0.25) is 0 Å². The maximum Gasteiger partial charge on any atom is 0.408 e. The summed E-state index contributed by atoms with van der Waals surface area (Å²) >= 11 is 0. The van der Waals surface area contributed by atoms with E-state index in [0.717, 1.165) is 0 Å². The molecule has 0 saturated carbocycles. The SMILES string of the molecule is CC(C)(C)OC(=O)NC1(CO)CNC1.Cl. The second-order valence-corrected chi connectivity index (χ2v) is 4.67. The lowest BCUT2D eigenvalue weighted by molar-refractivity contribution is 0.0318. The number of hydrogen-bond donors (Lipinski definition) is 3. The van der Waals surface area contributed by atoms with Gasteiger partial charge in [0.2, 0.25) is 0 Å². The molecule has 1 heterocycles. The third-order valence-electron chi connectivity index (χ3n) is 2.00. The average Bonchev–Trinajstić information content (AvgIpc) is 1.93. The van der Waals surface area contributed by atoms with Crippen LogP contribution < -0.4 is 10.6 Å². The maximum absolute atomic E-state index is 11.4. The molecule has 90 valence electrons. The fourth-order valence-electron chi connectivity index (χ4n) is 1.19. The molecule has 0 aromatic rings. The topological polar surface area (TPSA) is 70.6 Å². The first-order valence-corrected chi connectivity index (χ1v) is 4.70. The molecule has 1 fully saturated rings. The molecule has 1 saturated heterocycles. The van der Waals surface area contributed by atoms with Crippen LogP contribution in [0, 0.1) is 0 Å². The zero-order valence-corrected chi connectivity index (χ0v) is 10.1. The second-order valence-electron chi connectivity index (χ2n) is 4.67. The molecule has 15 heavy (non-hydrogen) atoms. The molecular weight excluding hydrogens is 220 g/mol. The molecule has 0 spiro atoms. The van der Waals surface area contributed by atoms with Crippen molar-refractivity contribution < 1.29 is 14.6 Å². The van der Waals surface area contributed by atoms with Crippen LogP contribution in [0.15, 0.2) is 0 Å². The van der Waals surface area contributed by atoms with Crippen LogP contribution in [0.3, 0.4) is 0 Å². The fourth-order valence-corrected chi connectivity index (χ4v) is 1.19. The highest BCUT2D eigenvalue weighted by molar-refractivity contribution is 5.85. The molecule has 1 aliphatic rings. The lowest BCUT2D eigenvalue weighted by Crippen LogP contribution is -2.71. The molecule has 5 nitrogen and oxygen atoms in total. The van der Waals surface area contributed by atoms with Crippen molar-refractivity contribution in [3.05, 3.63) is 0 Å². The summed E-state index contributed by atoms with van der Waals surface area (Å²) in [7, 11) is 0. The summed E-state index contributed by atoms with van der Waals surface area (Å²) in [4.78, 5) is 11.4. The van der Waals surface area contributed by atoms with E-state index in [9.17, 15) is 4.79 Å². The van der Waals surface area contributed by atoms with Crippen LogP contribution in [0.1, 0.15) is 20.8 Å². The fraction of sp³-hybridized carbons (Fsp3) is 0.889. The predicted molar refractivity (Wildman–Crippen MR) is 59.3 cm³/mol. The first kappa shape index (κ1) is 14.5. The van der Waals surface area contributed by atoms with Gasteiger partial charge in [0.05, 0.1) is 12.1 Å². The van der Waals surface area contributed by atoms with E-state index in [-0.39, 0.29) is 19.0 Å². The molecule has 0 atom stereocenters. The van der Waals surface area contributed by atoms with Gasteiger partial charge in [-0.2, -0.15) is 0 Å². The van der Waals surface area contributed by atoms with Crippen LogP contribution in [0.25, 0.3) is 0 Å².